The van der Waals surface area contributed by atoms with Crippen molar-refractivity contribution in [3.05, 3.63) is 59.7 Å². The zero-order valence-electron chi connectivity index (χ0n) is 22.5. The maximum atomic E-state index is 13.5. The number of benzene rings is 2. The first-order valence-corrected chi connectivity index (χ1v) is 14.2. The summed E-state index contributed by atoms with van der Waals surface area (Å²) in [5.74, 6) is 4.70. The summed E-state index contributed by atoms with van der Waals surface area (Å²) in [6.45, 7) is -1.67. The fourth-order valence-electron chi connectivity index (χ4n) is 4.48. The Morgan fingerprint density at radius 3 is 2.14 bits per heavy atom. The fourth-order valence-corrected chi connectivity index (χ4v) is 6.43. The highest BCUT2D eigenvalue weighted by Gasteiger charge is 2.53. The van der Waals surface area contributed by atoms with Gasteiger partial charge in [0.25, 0.3) is 5.91 Å². The first-order valence-electron chi connectivity index (χ1n) is 12.7. The van der Waals surface area contributed by atoms with Gasteiger partial charge in [-0.2, -0.15) is 26.3 Å². The largest absolute Gasteiger partial charge is 0.494 e. The van der Waals surface area contributed by atoms with E-state index in [-0.39, 0.29) is 48.3 Å². The molecule has 18 heteroatoms. The lowest BCUT2D eigenvalue weighted by molar-refractivity contribution is -0.149. The van der Waals surface area contributed by atoms with E-state index in [0.717, 1.165) is 34.3 Å². The van der Waals surface area contributed by atoms with Gasteiger partial charge in [-0.05, 0) is 49.2 Å². The van der Waals surface area contributed by atoms with E-state index in [1.54, 1.807) is 0 Å². The predicted octanol–water partition coefficient (Wildman–Crippen LogP) is 2.65. The zero-order chi connectivity index (χ0) is 32.1. The van der Waals surface area contributed by atoms with Crippen LogP contribution < -0.4 is 21.8 Å². The molecule has 2 aromatic carbocycles. The number of hydrogen-bond acceptors (Lipinski definition) is 9. The number of amides is 1. The number of halogens is 6. The second-order valence-corrected chi connectivity index (χ2v) is 12.0. The van der Waals surface area contributed by atoms with E-state index in [1.807, 2.05) is 0 Å². The maximum absolute atomic E-state index is 13.5. The molecule has 1 aliphatic rings. The van der Waals surface area contributed by atoms with Gasteiger partial charge in [0, 0.05) is 25.1 Å². The Hall–Kier alpha value is -3.61. The summed E-state index contributed by atoms with van der Waals surface area (Å²) in [6.07, 6.45) is -9.59. The van der Waals surface area contributed by atoms with Crippen LogP contribution in [0.4, 0.5) is 26.3 Å². The smallest absolute Gasteiger partial charge is 0.416 e. The van der Waals surface area contributed by atoms with Gasteiger partial charge in [0.1, 0.15) is 5.75 Å². The van der Waals surface area contributed by atoms with Crippen LogP contribution in [0.15, 0.2) is 58.5 Å². The SMILES string of the molecule is N/C(=N\N(N)CCCOc1ccc(S(=O)(=O)C2(C(=O)NO)CCN(CC(F)(F)F)CC2)cc1)c1ccc(C(F)(F)F)cc1. The number of nitrogens with two attached hydrogens (primary N) is 2. The molecule has 1 aliphatic heterocycles. The molecule has 1 fully saturated rings. The second kappa shape index (κ2) is 13.4. The third-order valence-corrected chi connectivity index (χ3v) is 9.29. The highest BCUT2D eigenvalue weighted by atomic mass is 32.2. The van der Waals surface area contributed by atoms with Gasteiger partial charge in [0.05, 0.1) is 30.2 Å². The number of nitrogens with one attached hydrogen (secondary N) is 1. The summed E-state index contributed by atoms with van der Waals surface area (Å²) in [5, 5.41) is 14.1. The Bertz CT molecular complexity index is 1380. The van der Waals surface area contributed by atoms with Crippen LogP contribution in [-0.4, -0.2) is 79.1 Å². The van der Waals surface area contributed by atoms with Gasteiger partial charge in [-0.25, -0.2) is 24.9 Å². The standard InChI is InChI=1S/C25H30F6N6O5S/c26-24(27,28)16-36-13-10-23(11-14-36,22(38)35-39)43(40,41)20-8-6-19(7-9-20)42-15-1-12-37(33)34-21(32)17-2-4-18(5-3-17)25(29,30)31/h2-9,39H,1,10-16,33H2,(H2,32,34)(H,35,38). The second-order valence-electron chi connectivity index (χ2n) is 9.73. The number of rotatable bonds is 11. The van der Waals surface area contributed by atoms with E-state index in [1.165, 1.54) is 29.7 Å². The molecule has 1 saturated heterocycles. The van der Waals surface area contributed by atoms with Crippen molar-refractivity contribution in [3.8, 4) is 5.75 Å². The molecule has 43 heavy (non-hydrogen) atoms. The Labute approximate surface area is 242 Å². The van der Waals surface area contributed by atoms with Crippen molar-refractivity contribution < 1.29 is 49.5 Å². The quantitative estimate of drug-likeness (QED) is 0.0550. The van der Waals surface area contributed by atoms with Crippen LogP contribution >= 0.6 is 0 Å². The van der Waals surface area contributed by atoms with Crippen molar-refractivity contribution in [1.82, 2.24) is 15.5 Å². The van der Waals surface area contributed by atoms with Crippen LogP contribution in [0.25, 0.3) is 0 Å². The minimum atomic E-state index is -4.49. The minimum absolute atomic E-state index is 0.0986. The van der Waals surface area contributed by atoms with E-state index in [0.29, 0.717) is 6.42 Å². The van der Waals surface area contributed by atoms with Gasteiger partial charge in [-0.1, -0.05) is 12.1 Å². The van der Waals surface area contributed by atoms with E-state index >= 15 is 0 Å². The molecule has 1 amide bonds. The molecule has 6 N–H and O–H groups in total. The molecule has 0 unspecified atom stereocenters. The summed E-state index contributed by atoms with van der Waals surface area (Å²) < 4.78 is 107. The van der Waals surface area contributed by atoms with Crippen LogP contribution in [0, 0.1) is 0 Å². The van der Waals surface area contributed by atoms with Crippen LogP contribution in [0.1, 0.15) is 30.4 Å². The number of amidine groups is 1. The predicted molar refractivity (Wildman–Crippen MR) is 141 cm³/mol. The number of alkyl halides is 6. The van der Waals surface area contributed by atoms with Crippen molar-refractivity contribution in [2.24, 2.45) is 16.7 Å². The normalized spacial score (nSPS) is 16.5. The number of carbonyl (C=O) groups is 1. The van der Waals surface area contributed by atoms with E-state index in [9.17, 15) is 44.8 Å². The molecule has 0 aliphatic carbocycles. The topological polar surface area (TPSA) is 164 Å². The highest BCUT2D eigenvalue weighted by molar-refractivity contribution is 7.93. The number of carbonyl (C=O) groups excluding carboxylic acids is 1. The number of hydrogen-bond donors (Lipinski definition) is 4. The van der Waals surface area contributed by atoms with E-state index < -0.39 is 57.8 Å². The number of sulfone groups is 1. The zero-order valence-corrected chi connectivity index (χ0v) is 23.3. The third kappa shape index (κ3) is 8.49. The molecule has 0 atom stereocenters. The van der Waals surface area contributed by atoms with Crippen molar-refractivity contribution in [3.63, 3.8) is 0 Å². The molecule has 0 saturated carbocycles. The molecule has 3 rings (SSSR count). The van der Waals surface area contributed by atoms with Crippen LogP contribution in [0.2, 0.25) is 0 Å². The Kier molecular flexibility index (Phi) is 10.5. The van der Waals surface area contributed by atoms with Crippen LogP contribution in [-0.2, 0) is 20.8 Å². The Balaban J connectivity index is 1.56. The van der Waals surface area contributed by atoms with Gasteiger partial charge in [-0.3, -0.25) is 14.9 Å². The first kappa shape index (κ1) is 33.9. The van der Waals surface area contributed by atoms with Crippen LogP contribution in [0.5, 0.6) is 5.75 Å². The lowest BCUT2D eigenvalue weighted by Gasteiger charge is -2.39. The number of likely N-dealkylation sites (tertiary alicyclic amines) is 1. The lowest BCUT2D eigenvalue weighted by Crippen LogP contribution is -2.58. The summed E-state index contributed by atoms with van der Waals surface area (Å²) in [5.41, 5.74) is 6.54. The maximum Gasteiger partial charge on any atom is 0.416 e. The number of hydrazone groups is 1. The third-order valence-electron chi connectivity index (χ3n) is 6.77. The van der Waals surface area contributed by atoms with Gasteiger partial charge >= 0.3 is 12.4 Å². The Morgan fingerprint density at radius 2 is 1.63 bits per heavy atom. The van der Waals surface area contributed by atoms with E-state index in [4.69, 9.17) is 16.3 Å². The van der Waals surface area contributed by atoms with Crippen molar-refractivity contribution in [2.45, 2.75) is 41.3 Å². The van der Waals surface area contributed by atoms with Crippen molar-refractivity contribution in [2.75, 3.05) is 32.8 Å². The van der Waals surface area contributed by atoms with Gasteiger partial charge < -0.3 is 10.5 Å². The monoisotopic (exact) mass is 640 g/mol. The molecule has 2 aromatic rings. The number of nitrogens with zero attached hydrogens (tertiary/aromatic N) is 3. The number of ether oxygens (including phenoxy) is 1. The van der Waals surface area contributed by atoms with E-state index in [2.05, 4.69) is 5.10 Å². The molecule has 0 spiro atoms. The van der Waals surface area contributed by atoms with Crippen LogP contribution in [0.3, 0.4) is 0 Å². The molecular formula is C25H30F6N6O5S. The number of hydroxylamine groups is 1. The van der Waals surface area contributed by atoms with Crippen molar-refractivity contribution in [1.29, 1.82) is 0 Å². The van der Waals surface area contributed by atoms with Crippen molar-refractivity contribution >= 4 is 21.6 Å². The van der Waals surface area contributed by atoms with Gasteiger partial charge in [0.15, 0.2) is 20.4 Å². The van der Waals surface area contributed by atoms with Gasteiger partial charge in [-0.15, -0.1) is 5.10 Å². The molecule has 1 heterocycles. The lowest BCUT2D eigenvalue weighted by atomic mass is 9.95. The molecular weight excluding hydrogens is 610 g/mol. The fraction of sp³-hybridized carbons (Fsp3) is 0.440. The average molecular weight is 641 g/mol. The number of hydrazine groups is 1. The molecule has 11 nitrogen and oxygen atoms in total. The highest BCUT2D eigenvalue weighted by Crippen LogP contribution is 2.37. The summed E-state index contributed by atoms with van der Waals surface area (Å²) in [6, 6.07) is 9.09. The molecule has 238 valence electrons. The van der Waals surface area contributed by atoms with Gasteiger partial charge in [0.2, 0.25) is 0 Å². The minimum Gasteiger partial charge on any atom is -0.494 e. The molecule has 0 aromatic heterocycles. The summed E-state index contributed by atoms with van der Waals surface area (Å²) >= 11 is 0. The molecule has 0 radical (unpaired) electrons. The summed E-state index contributed by atoms with van der Waals surface area (Å²) in [7, 11) is -4.44. The summed E-state index contributed by atoms with van der Waals surface area (Å²) in [4.78, 5) is 13.2. The first-order chi connectivity index (χ1) is 20.0. The average Bonchev–Trinajstić information content (AvgIpc) is 2.94. The Morgan fingerprint density at radius 1 is 1.05 bits per heavy atom. The number of piperidine rings is 1. The molecule has 0 bridgehead atoms.